The number of aliphatic imine (C=N–C) groups is 1. The third-order valence-electron chi connectivity index (χ3n) is 0.879. The summed E-state index contributed by atoms with van der Waals surface area (Å²) in [6.07, 6.45) is 2.01. The van der Waals surface area contributed by atoms with E-state index in [1.165, 1.54) is 0 Å². The molecule has 1 rings (SSSR count). The monoisotopic (exact) mass is 161 g/mol. The second-order valence-corrected chi connectivity index (χ2v) is 3.54. The lowest BCUT2D eigenvalue weighted by molar-refractivity contribution is -0.115. The van der Waals surface area contributed by atoms with E-state index in [-0.39, 0.29) is 5.91 Å². The smallest absolute Gasteiger partial charge is 0.256 e. The van der Waals surface area contributed by atoms with Crippen LogP contribution in [0.1, 0.15) is 0 Å². The van der Waals surface area contributed by atoms with Crippen molar-refractivity contribution in [2.75, 3.05) is 17.8 Å². The van der Waals surface area contributed by atoms with Crippen molar-refractivity contribution in [1.29, 1.82) is 0 Å². The molecule has 0 aromatic heterocycles. The number of nitrogens with zero attached hydrogens (tertiary/aromatic N) is 1. The Morgan fingerprint density at radius 3 is 3.11 bits per heavy atom. The highest BCUT2D eigenvalue weighted by molar-refractivity contribution is 8.17. The molecule has 9 heavy (non-hydrogen) atoms. The summed E-state index contributed by atoms with van der Waals surface area (Å²) in [4.78, 5) is 14.3. The summed E-state index contributed by atoms with van der Waals surface area (Å²) >= 11 is 3.25. The summed E-state index contributed by atoms with van der Waals surface area (Å²) in [5, 5.41) is 0.979. The van der Waals surface area contributed by atoms with E-state index in [0.29, 0.717) is 5.75 Å². The molecule has 0 atom stereocenters. The van der Waals surface area contributed by atoms with Crippen LogP contribution in [0.4, 0.5) is 0 Å². The Morgan fingerprint density at radius 1 is 1.89 bits per heavy atom. The van der Waals surface area contributed by atoms with E-state index in [0.717, 1.165) is 10.8 Å². The Bertz CT molecular complexity index is 155. The third kappa shape index (κ3) is 2.02. The lowest BCUT2D eigenvalue weighted by Gasteiger charge is -1.89. The average molecular weight is 161 g/mol. The maximum Gasteiger partial charge on any atom is 0.256 e. The highest BCUT2D eigenvalue weighted by atomic mass is 32.2. The predicted octanol–water partition coefficient (Wildman–Crippen LogP) is 1.02. The van der Waals surface area contributed by atoms with Gasteiger partial charge in [0.05, 0.1) is 10.8 Å². The molecular weight excluding hydrogens is 154 g/mol. The fourth-order valence-electron chi connectivity index (χ4n) is 0.546. The number of carbonyl (C=O) groups excluding carboxylic acids is 1. The number of carbonyl (C=O) groups is 1. The molecule has 0 bridgehead atoms. The minimum absolute atomic E-state index is 0.0176. The van der Waals surface area contributed by atoms with Crippen LogP contribution in [0.25, 0.3) is 0 Å². The first kappa shape index (κ1) is 7.15. The molecule has 0 aliphatic carbocycles. The van der Waals surface area contributed by atoms with Crippen LogP contribution in [0, 0.1) is 0 Å². The van der Waals surface area contributed by atoms with Crippen molar-refractivity contribution in [3.8, 4) is 0 Å². The van der Waals surface area contributed by atoms with Crippen LogP contribution < -0.4 is 0 Å². The lowest BCUT2D eigenvalue weighted by Crippen LogP contribution is -1.89. The average Bonchev–Trinajstić information content (AvgIpc) is 2.17. The maximum atomic E-state index is 10.5. The highest BCUT2D eigenvalue weighted by Crippen LogP contribution is 2.15. The van der Waals surface area contributed by atoms with Crippen molar-refractivity contribution in [1.82, 2.24) is 0 Å². The fourth-order valence-corrected chi connectivity index (χ4v) is 2.07. The molecule has 0 radical (unpaired) electrons. The minimum Gasteiger partial charge on any atom is -0.272 e. The summed E-state index contributed by atoms with van der Waals surface area (Å²) in [6.45, 7) is 0. The fraction of sp³-hybridized carbons (Fsp3) is 0.600. The van der Waals surface area contributed by atoms with Crippen LogP contribution in [-0.2, 0) is 4.79 Å². The van der Waals surface area contributed by atoms with Gasteiger partial charge < -0.3 is 0 Å². The molecule has 1 aliphatic rings. The highest BCUT2D eigenvalue weighted by Gasteiger charge is 2.12. The van der Waals surface area contributed by atoms with Gasteiger partial charge in [-0.3, -0.25) is 4.79 Å². The van der Waals surface area contributed by atoms with Crippen molar-refractivity contribution < 1.29 is 4.79 Å². The van der Waals surface area contributed by atoms with E-state index in [1.807, 2.05) is 6.26 Å². The molecule has 0 saturated carbocycles. The van der Waals surface area contributed by atoms with Crippen molar-refractivity contribution in [2.24, 2.45) is 4.99 Å². The minimum atomic E-state index is 0.0176. The summed E-state index contributed by atoms with van der Waals surface area (Å²) in [6, 6.07) is 0. The first-order valence-electron chi connectivity index (χ1n) is 2.55. The number of rotatable bonds is 2. The number of amides is 1. The second-order valence-electron chi connectivity index (χ2n) is 1.62. The van der Waals surface area contributed by atoms with E-state index >= 15 is 0 Å². The largest absolute Gasteiger partial charge is 0.272 e. The van der Waals surface area contributed by atoms with E-state index in [2.05, 4.69) is 4.99 Å². The van der Waals surface area contributed by atoms with E-state index in [4.69, 9.17) is 0 Å². The van der Waals surface area contributed by atoms with Crippen LogP contribution in [0.3, 0.4) is 0 Å². The molecule has 1 heterocycles. The molecular formula is C5H7NOS2. The molecule has 0 spiro atoms. The van der Waals surface area contributed by atoms with Crippen LogP contribution in [0.2, 0.25) is 0 Å². The van der Waals surface area contributed by atoms with Crippen LogP contribution in [0.15, 0.2) is 4.99 Å². The summed E-state index contributed by atoms with van der Waals surface area (Å²) in [5.41, 5.74) is 0. The Kier molecular flexibility index (Phi) is 2.60. The van der Waals surface area contributed by atoms with Gasteiger partial charge in [-0.1, -0.05) is 11.8 Å². The van der Waals surface area contributed by atoms with Crippen LogP contribution in [-0.4, -0.2) is 28.7 Å². The van der Waals surface area contributed by atoms with Gasteiger partial charge in [0.15, 0.2) is 0 Å². The standard InChI is InChI=1S/C5H7NOS2/c1-8-3-5-6-4(7)2-9-5/h2-3H2,1H3. The third-order valence-corrected chi connectivity index (χ3v) is 2.58. The van der Waals surface area contributed by atoms with Gasteiger partial charge in [0.1, 0.15) is 0 Å². The van der Waals surface area contributed by atoms with Crippen LogP contribution in [0.5, 0.6) is 0 Å². The number of thioether (sulfide) groups is 2. The van der Waals surface area contributed by atoms with Crippen molar-refractivity contribution in [3.05, 3.63) is 0 Å². The topological polar surface area (TPSA) is 29.4 Å². The van der Waals surface area contributed by atoms with Crippen molar-refractivity contribution >= 4 is 34.5 Å². The Labute approximate surface area is 62.5 Å². The molecule has 2 nitrogen and oxygen atoms in total. The Balaban J connectivity index is 2.42. The first-order valence-corrected chi connectivity index (χ1v) is 4.93. The SMILES string of the molecule is CSCC1=NC(=O)CS1. The zero-order chi connectivity index (χ0) is 6.69. The van der Waals surface area contributed by atoms with E-state index < -0.39 is 0 Å². The van der Waals surface area contributed by atoms with Crippen molar-refractivity contribution in [3.63, 3.8) is 0 Å². The van der Waals surface area contributed by atoms with Gasteiger partial charge >= 0.3 is 0 Å². The number of hydrogen-bond acceptors (Lipinski definition) is 3. The van der Waals surface area contributed by atoms with Crippen LogP contribution >= 0.6 is 23.5 Å². The van der Waals surface area contributed by atoms with Gasteiger partial charge in [0.2, 0.25) is 0 Å². The number of hydrogen-bond donors (Lipinski definition) is 0. The Hall–Kier alpha value is 0.0400. The molecule has 0 aromatic rings. The second kappa shape index (κ2) is 3.27. The molecule has 1 aliphatic heterocycles. The maximum absolute atomic E-state index is 10.5. The molecule has 0 N–H and O–H groups in total. The summed E-state index contributed by atoms with van der Waals surface area (Å²) in [7, 11) is 0. The molecule has 0 aromatic carbocycles. The molecule has 0 fully saturated rings. The zero-order valence-corrected chi connectivity index (χ0v) is 6.72. The predicted molar refractivity (Wildman–Crippen MR) is 43.3 cm³/mol. The van der Waals surface area contributed by atoms with E-state index in [1.54, 1.807) is 23.5 Å². The normalized spacial score (nSPS) is 18.3. The molecule has 50 valence electrons. The Morgan fingerprint density at radius 2 is 2.67 bits per heavy atom. The molecule has 4 heteroatoms. The quantitative estimate of drug-likeness (QED) is 0.605. The lowest BCUT2D eigenvalue weighted by atomic mass is 10.7. The molecule has 1 amide bonds. The van der Waals surface area contributed by atoms with Gasteiger partial charge in [-0.05, 0) is 6.26 Å². The van der Waals surface area contributed by atoms with Gasteiger partial charge in [-0.2, -0.15) is 11.8 Å². The first-order chi connectivity index (χ1) is 4.33. The molecule has 0 saturated heterocycles. The zero-order valence-electron chi connectivity index (χ0n) is 5.09. The van der Waals surface area contributed by atoms with Gasteiger partial charge in [0, 0.05) is 5.75 Å². The van der Waals surface area contributed by atoms with E-state index in [9.17, 15) is 4.79 Å². The van der Waals surface area contributed by atoms with Crippen molar-refractivity contribution in [2.45, 2.75) is 0 Å². The van der Waals surface area contributed by atoms with Gasteiger partial charge in [-0.25, -0.2) is 4.99 Å². The van der Waals surface area contributed by atoms with Gasteiger partial charge in [0.25, 0.3) is 5.91 Å². The van der Waals surface area contributed by atoms with Gasteiger partial charge in [-0.15, -0.1) is 0 Å². The summed E-state index contributed by atoms with van der Waals surface area (Å²) in [5.74, 6) is 1.45. The summed E-state index contributed by atoms with van der Waals surface area (Å²) < 4.78 is 0. The molecule has 0 unspecified atom stereocenters.